The Kier molecular flexibility index (Phi) is 5.07. The molecule has 1 amide bonds. The third-order valence-electron chi connectivity index (χ3n) is 3.79. The van der Waals surface area contributed by atoms with E-state index in [1.807, 2.05) is 0 Å². The number of aromatic nitrogens is 2. The molecule has 5 nitrogen and oxygen atoms in total. The van der Waals surface area contributed by atoms with Crippen LogP contribution in [-0.4, -0.2) is 16.0 Å². The molecule has 1 heterocycles. The molecular weight excluding hydrogens is 404 g/mol. The lowest BCUT2D eigenvalue weighted by Gasteiger charge is -2.14. The van der Waals surface area contributed by atoms with E-state index in [1.165, 1.54) is 25.1 Å². The van der Waals surface area contributed by atoms with Crippen LogP contribution in [-0.2, 0) is 12.4 Å². The molecule has 1 aromatic heterocycles. The van der Waals surface area contributed by atoms with Crippen molar-refractivity contribution in [3.05, 3.63) is 65.0 Å². The minimum Gasteiger partial charge on any atom is -0.339 e. The van der Waals surface area contributed by atoms with Gasteiger partial charge in [0.1, 0.15) is 0 Å². The molecule has 0 aliphatic rings. The first-order chi connectivity index (χ1) is 13.4. The van der Waals surface area contributed by atoms with Crippen LogP contribution in [0.15, 0.2) is 47.0 Å². The molecule has 0 saturated heterocycles. The summed E-state index contributed by atoms with van der Waals surface area (Å²) in [4.78, 5) is 16.4. The summed E-state index contributed by atoms with van der Waals surface area (Å²) in [5.74, 6) is -0.832. The number of carbonyl (C=O) groups excluding carboxylic acids is 1. The normalized spacial score (nSPS) is 12.1. The number of hydrogen-bond acceptors (Lipinski definition) is 4. The molecule has 0 radical (unpaired) electrons. The van der Waals surface area contributed by atoms with Crippen LogP contribution in [0.4, 0.5) is 32.0 Å². The maximum atomic E-state index is 13.0. The maximum Gasteiger partial charge on any atom is 0.416 e. The summed E-state index contributed by atoms with van der Waals surface area (Å²) < 4.78 is 82.8. The van der Waals surface area contributed by atoms with E-state index in [0.717, 1.165) is 0 Å². The van der Waals surface area contributed by atoms with E-state index in [9.17, 15) is 31.1 Å². The van der Waals surface area contributed by atoms with E-state index >= 15 is 0 Å². The van der Waals surface area contributed by atoms with Crippen molar-refractivity contribution in [1.82, 2.24) is 10.1 Å². The Morgan fingerprint density at radius 2 is 1.55 bits per heavy atom. The SMILES string of the molecule is Cc1nc(-c2ccccc2NC(=O)c2cc(C(F)(F)F)cc(C(F)(F)F)c2)no1. The van der Waals surface area contributed by atoms with Gasteiger partial charge in [0.25, 0.3) is 5.91 Å². The zero-order valence-corrected chi connectivity index (χ0v) is 14.5. The average Bonchev–Trinajstić information content (AvgIpc) is 3.06. The largest absolute Gasteiger partial charge is 0.416 e. The Morgan fingerprint density at radius 3 is 2.07 bits per heavy atom. The van der Waals surface area contributed by atoms with Crippen molar-refractivity contribution in [2.75, 3.05) is 5.32 Å². The molecule has 0 spiro atoms. The standard InChI is InChI=1S/C18H11F6N3O2/c1-9-25-15(27-29-9)13-4-2-3-5-14(13)26-16(28)10-6-11(17(19,20)21)8-12(7-10)18(22,23)24/h2-8H,1H3,(H,26,28). The van der Waals surface area contributed by atoms with E-state index in [0.29, 0.717) is 12.1 Å². The third-order valence-corrected chi connectivity index (χ3v) is 3.79. The number of aryl methyl sites for hydroxylation is 1. The molecule has 29 heavy (non-hydrogen) atoms. The first kappa shape index (κ1) is 20.4. The number of alkyl halides is 6. The van der Waals surface area contributed by atoms with Crippen molar-refractivity contribution in [1.29, 1.82) is 0 Å². The Balaban J connectivity index is 2.00. The molecule has 0 unspecified atom stereocenters. The zero-order valence-electron chi connectivity index (χ0n) is 14.5. The second-order valence-corrected chi connectivity index (χ2v) is 5.93. The lowest BCUT2D eigenvalue weighted by Crippen LogP contribution is -2.17. The lowest BCUT2D eigenvalue weighted by molar-refractivity contribution is -0.143. The Bertz CT molecular complexity index is 1020. The van der Waals surface area contributed by atoms with Crippen LogP contribution in [0.2, 0.25) is 0 Å². The predicted octanol–water partition coefficient (Wildman–Crippen LogP) is 5.33. The number of anilines is 1. The molecule has 3 rings (SSSR count). The van der Waals surface area contributed by atoms with Crippen molar-refractivity contribution in [3.8, 4) is 11.4 Å². The van der Waals surface area contributed by atoms with E-state index in [2.05, 4.69) is 15.5 Å². The number of carbonyl (C=O) groups is 1. The summed E-state index contributed by atoms with van der Waals surface area (Å²) in [6.45, 7) is 1.53. The first-order valence-corrected chi connectivity index (χ1v) is 7.95. The van der Waals surface area contributed by atoms with Gasteiger partial charge in [-0.3, -0.25) is 4.79 Å². The monoisotopic (exact) mass is 415 g/mol. The summed E-state index contributed by atoms with van der Waals surface area (Å²) >= 11 is 0. The van der Waals surface area contributed by atoms with Crippen LogP contribution >= 0.6 is 0 Å². The van der Waals surface area contributed by atoms with Crippen molar-refractivity contribution in [2.45, 2.75) is 19.3 Å². The lowest BCUT2D eigenvalue weighted by atomic mass is 10.0. The maximum absolute atomic E-state index is 13.0. The van der Waals surface area contributed by atoms with Crippen LogP contribution in [0.3, 0.4) is 0 Å². The molecule has 0 aliphatic carbocycles. The molecule has 0 saturated carbocycles. The second-order valence-electron chi connectivity index (χ2n) is 5.93. The van der Waals surface area contributed by atoms with Gasteiger partial charge in [-0.05, 0) is 30.3 Å². The van der Waals surface area contributed by atoms with Crippen molar-refractivity contribution < 1.29 is 35.7 Å². The molecule has 0 bridgehead atoms. The second kappa shape index (κ2) is 7.22. The molecule has 11 heteroatoms. The zero-order chi connectivity index (χ0) is 21.4. The highest BCUT2D eigenvalue weighted by Crippen LogP contribution is 2.36. The smallest absolute Gasteiger partial charge is 0.339 e. The summed E-state index contributed by atoms with van der Waals surface area (Å²) in [5, 5.41) is 5.98. The fourth-order valence-electron chi connectivity index (χ4n) is 2.48. The minimum atomic E-state index is -5.06. The number of halogens is 6. The first-order valence-electron chi connectivity index (χ1n) is 7.95. The number of nitrogens with zero attached hydrogens (tertiary/aromatic N) is 2. The Hall–Kier alpha value is -3.37. The van der Waals surface area contributed by atoms with E-state index in [4.69, 9.17) is 4.52 Å². The van der Waals surface area contributed by atoms with Gasteiger partial charge in [-0.2, -0.15) is 31.3 Å². The van der Waals surface area contributed by atoms with Gasteiger partial charge < -0.3 is 9.84 Å². The average molecular weight is 415 g/mol. The van der Waals surface area contributed by atoms with Gasteiger partial charge in [-0.15, -0.1) is 0 Å². The van der Waals surface area contributed by atoms with Crippen molar-refractivity contribution in [3.63, 3.8) is 0 Å². The van der Waals surface area contributed by atoms with Gasteiger partial charge in [0.15, 0.2) is 0 Å². The van der Waals surface area contributed by atoms with E-state index < -0.39 is 35.0 Å². The van der Waals surface area contributed by atoms with Crippen LogP contribution in [0, 0.1) is 6.92 Å². The number of para-hydroxylation sites is 1. The van der Waals surface area contributed by atoms with Crippen LogP contribution in [0.5, 0.6) is 0 Å². The number of amides is 1. The highest BCUT2D eigenvalue weighted by atomic mass is 19.4. The van der Waals surface area contributed by atoms with Crippen LogP contribution < -0.4 is 5.32 Å². The van der Waals surface area contributed by atoms with E-state index in [-0.39, 0.29) is 29.0 Å². The molecule has 1 N–H and O–H groups in total. The number of nitrogens with one attached hydrogen (secondary N) is 1. The molecule has 0 fully saturated rings. The highest BCUT2D eigenvalue weighted by Gasteiger charge is 2.37. The van der Waals surface area contributed by atoms with Crippen molar-refractivity contribution in [2.24, 2.45) is 0 Å². The molecular formula is C18H11F6N3O2. The Labute approximate surface area is 159 Å². The van der Waals surface area contributed by atoms with Crippen LogP contribution in [0.25, 0.3) is 11.4 Å². The Morgan fingerprint density at radius 1 is 0.966 bits per heavy atom. The van der Waals surface area contributed by atoms with Gasteiger partial charge in [0.2, 0.25) is 11.7 Å². The molecule has 0 aliphatic heterocycles. The van der Waals surface area contributed by atoms with Gasteiger partial charge in [0.05, 0.1) is 16.8 Å². The molecule has 3 aromatic rings. The van der Waals surface area contributed by atoms with Gasteiger partial charge in [0, 0.05) is 18.1 Å². The summed E-state index contributed by atoms with van der Waals surface area (Å²) in [7, 11) is 0. The fourth-order valence-corrected chi connectivity index (χ4v) is 2.48. The molecule has 0 atom stereocenters. The number of rotatable bonds is 3. The van der Waals surface area contributed by atoms with Crippen molar-refractivity contribution >= 4 is 11.6 Å². The van der Waals surface area contributed by atoms with Gasteiger partial charge in [-0.25, -0.2) is 0 Å². The quantitative estimate of drug-likeness (QED) is 0.587. The van der Waals surface area contributed by atoms with Gasteiger partial charge >= 0.3 is 12.4 Å². The minimum absolute atomic E-state index is 0.0488. The number of hydrogen-bond donors (Lipinski definition) is 1. The molecule has 2 aromatic carbocycles. The predicted molar refractivity (Wildman–Crippen MR) is 88.9 cm³/mol. The molecule has 152 valence electrons. The summed E-state index contributed by atoms with van der Waals surface area (Å²) in [5.41, 5.74) is -3.60. The topological polar surface area (TPSA) is 68.0 Å². The van der Waals surface area contributed by atoms with Crippen LogP contribution in [0.1, 0.15) is 27.4 Å². The fraction of sp³-hybridized carbons (Fsp3) is 0.167. The highest BCUT2D eigenvalue weighted by molar-refractivity contribution is 6.06. The third kappa shape index (κ3) is 4.55. The van der Waals surface area contributed by atoms with Gasteiger partial charge in [-0.1, -0.05) is 17.3 Å². The number of benzene rings is 2. The summed E-state index contributed by atoms with van der Waals surface area (Å²) in [6, 6.07) is 6.66. The summed E-state index contributed by atoms with van der Waals surface area (Å²) in [6.07, 6.45) is -10.1. The van der Waals surface area contributed by atoms with E-state index in [1.54, 1.807) is 6.07 Å².